The summed E-state index contributed by atoms with van der Waals surface area (Å²) in [5, 5.41) is 5.36. The highest BCUT2D eigenvalue weighted by Gasteiger charge is 2.24. The van der Waals surface area contributed by atoms with Crippen LogP contribution in [-0.4, -0.2) is 6.04 Å². The highest BCUT2D eigenvalue weighted by molar-refractivity contribution is 9.10. The third-order valence-corrected chi connectivity index (χ3v) is 4.62. The van der Waals surface area contributed by atoms with Gasteiger partial charge in [-0.3, -0.25) is 0 Å². The molecule has 1 N–H and O–H groups in total. The highest BCUT2D eigenvalue weighted by Crippen LogP contribution is 2.38. The van der Waals surface area contributed by atoms with Crippen LogP contribution in [0.2, 0.25) is 5.02 Å². The standard InChI is InChI=1S/C16H19BrClNO/c1-9(2)7-11-14(8-19-10-3-4-10)20-16-13(18)6-5-12(17)15(11)16/h5-6,9-10,19H,3-4,7-8H2,1-2H3. The van der Waals surface area contributed by atoms with Crippen molar-refractivity contribution in [3.05, 3.63) is 33.0 Å². The zero-order chi connectivity index (χ0) is 14.3. The monoisotopic (exact) mass is 355 g/mol. The van der Waals surface area contributed by atoms with Crippen molar-refractivity contribution in [2.75, 3.05) is 0 Å². The molecule has 2 aromatic rings. The summed E-state index contributed by atoms with van der Waals surface area (Å²) < 4.78 is 7.13. The SMILES string of the molecule is CC(C)Cc1c(CNC2CC2)oc2c(Cl)ccc(Br)c12. The molecule has 0 unspecified atom stereocenters. The van der Waals surface area contributed by atoms with Crippen molar-refractivity contribution in [3.8, 4) is 0 Å². The van der Waals surface area contributed by atoms with Crippen molar-refractivity contribution in [2.24, 2.45) is 5.92 Å². The molecular weight excluding hydrogens is 338 g/mol. The van der Waals surface area contributed by atoms with Crippen LogP contribution < -0.4 is 5.32 Å². The molecule has 2 nitrogen and oxygen atoms in total. The van der Waals surface area contributed by atoms with E-state index in [1.807, 2.05) is 12.1 Å². The number of benzene rings is 1. The van der Waals surface area contributed by atoms with Gasteiger partial charge in [-0.15, -0.1) is 0 Å². The summed E-state index contributed by atoms with van der Waals surface area (Å²) in [6.45, 7) is 5.26. The van der Waals surface area contributed by atoms with Crippen molar-refractivity contribution >= 4 is 38.5 Å². The average Bonchev–Trinajstić information content (AvgIpc) is 3.14. The van der Waals surface area contributed by atoms with Crippen LogP contribution in [0.4, 0.5) is 0 Å². The molecule has 108 valence electrons. The maximum absolute atomic E-state index is 6.29. The fourth-order valence-electron chi connectivity index (χ4n) is 2.53. The normalized spacial score (nSPS) is 15.4. The van der Waals surface area contributed by atoms with E-state index in [9.17, 15) is 0 Å². The molecule has 4 heteroatoms. The zero-order valence-corrected chi connectivity index (χ0v) is 14.1. The molecule has 1 saturated carbocycles. The summed E-state index contributed by atoms with van der Waals surface area (Å²) in [5.74, 6) is 1.62. The summed E-state index contributed by atoms with van der Waals surface area (Å²) in [5.41, 5.74) is 2.10. The topological polar surface area (TPSA) is 25.2 Å². The van der Waals surface area contributed by atoms with Gasteiger partial charge in [0.1, 0.15) is 5.76 Å². The number of halogens is 2. The van der Waals surface area contributed by atoms with E-state index in [0.29, 0.717) is 17.0 Å². The predicted molar refractivity (Wildman–Crippen MR) is 87.3 cm³/mol. The maximum atomic E-state index is 6.29. The van der Waals surface area contributed by atoms with E-state index in [-0.39, 0.29) is 0 Å². The Labute approximate surface area is 133 Å². The summed E-state index contributed by atoms with van der Waals surface area (Å²) in [7, 11) is 0. The van der Waals surface area contributed by atoms with Gasteiger partial charge < -0.3 is 9.73 Å². The van der Waals surface area contributed by atoms with Crippen LogP contribution in [0.1, 0.15) is 38.0 Å². The summed E-state index contributed by atoms with van der Waals surface area (Å²) in [4.78, 5) is 0. The number of rotatable bonds is 5. The Morgan fingerprint density at radius 3 is 2.80 bits per heavy atom. The van der Waals surface area contributed by atoms with Crippen molar-refractivity contribution in [1.82, 2.24) is 5.32 Å². The number of nitrogens with one attached hydrogen (secondary N) is 1. The number of hydrogen-bond acceptors (Lipinski definition) is 2. The molecule has 0 spiro atoms. The van der Waals surface area contributed by atoms with Crippen molar-refractivity contribution in [3.63, 3.8) is 0 Å². The predicted octanol–water partition coefficient (Wildman–Crippen LogP) is 5.30. The summed E-state index contributed by atoms with van der Waals surface area (Å²) in [6.07, 6.45) is 3.57. The second kappa shape index (κ2) is 5.70. The van der Waals surface area contributed by atoms with Gasteiger partial charge >= 0.3 is 0 Å². The minimum Gasteiger partial charge on any atom is -0.458 e. The first-order valence-electron chi connectivity index (χ1n) is 7.18. The molecule has 1 heterocycles. The first-order valence-corrected chi connectivity index (χ1v) is 8.35. The first kappa shape index (κ1) is 14.4. The number of hydrogen-bond donors (Lipinski definition) is 1. The Hall–Kier alpha value is -0.510. The Morgan fingerprint density at radius 1 is 1.40 bits per heavy atom. The lowest BCUT2D eigenvalue weighted by molar-refractivity contribution is 0.500. The van der Waals surface area contributed by atoms with Gasteiger partial charge in [-0.05, 0) is 37.3 Å². The lowest BCUT2D eigenvalue weighted by Gasteiger charge is -2.07. The minimum atomic E-state index is 0.585. The molecule has 0 radical (unpaired) electrons. The molecule has 20 heavy (non-hydrogen) atoms. The molecule has 1 aliphatic rings. The molecular formula is C16H19BrClNO. The molecule has 0 atom stereocenters. The number of fused-ring (bicyclic) bond motifs is 1. The van der Waals surface area contributed by atoms with Crippen LogP contribution >= 0.6 is 27.5 Å². The maximum Gasteiger partial charge on any atom is 0.154 e. The van der Waals surface area contributed by atoms with Gasteiger partial charge in [0.2, 0.25) is 0 Å². The first-order chi connectivity index (χ1) is 9.56. The van der Waals surface area contributed by atoms with E-state index in [1.165, 1.54) is 18.4 Å². The molecule has 0 saturated heterocycles. The molecule has 3 rings (SSSR count). The third kappa shape index (κ3) is 2.90. The Kier molecular flexibility index (Phi) is 4.11. The van der Waals surface area contributed by atoms with Gasteiger partial charge in [-0.25, -0.2) is 0 Å². The van der Waals surface area contributed by atoms with Gasteiger partial charge in [0.15, 0.2) is 5.58 Å². The molecule has 0 amide bonds. The second-order valence-electron chi connectivity index (χ2n) is 5.99. The largest absolute Gasteiger partial charge is 0.458 e. The van der Waals surface area contributed by atoms with Crippen LogP contribution in [0.25, 0.3) is 11.0 Å². The van der Waals surface area contributed by atoms with Crippen LogP contribution in [0.5, 0.6) is 0 Å². The molecule has 0 aliphatic heterocycles. The van der Waals surface area contributed by atoms with Crippen LogP contribution in [0, 0.1) is 5.92 Å². The number of furan rings is 1. The van der Waals surface area contributed by atoms with Gasteiger partial charge in [-0.1, -0.05) is 41.4 Å². The van der Waals surface area contributed by atoms with Gasteiger partial charge in [-0.2, -0.15) is 0 Å². The lowest BCUT2D eigenvalue weighted by atomic mass is 10.00. The van der Waals surface area contributed by atoms with E-state index in [0.717, 1.165) is 34.2 Å². The smallest absolute Gasteiger partial charge is 0.154 e. The summed E-state index contributed by atoms with van der Waals surface area (Å²) >= 11 is 9.93. The average molecular weight is 357 g/mol. The molecule has 1 aliphatic carbocycles. The van der Waals surface area contributed by atoms with Gasteiger partial charge in [0.05, 0.1) is 11.6 Å². The second-order valence-corrected chi connectivity index (χ2v) is 7.25. The van der Waals surface area contributed by atoms with E-state index < -0.39 is 0 Å². The van der Waals surface area contributed by atoms with E-state index in [4.69, 9.17) is 16.0 Å². The zero-order valence-electron chi connectivity index (χ0n) is 11.8. The fraction of sp³-hybridized carbons (Fsp3) is 0.500. The lowest BCUT2D eigenvalue weighted by Crippen LogP contribution is -2.16. The summed E-state index contributed by atoms with van der Waals surface area (Å²) in [6, 6.07) is 4.56. The molecule has 1 aromatic heterocycles. The van der Waals surface area contributed by atoms with E-state index in [1.54, 1.807) is 0 Å². The Bertz CT molecular complexity index is 631. The molecule has 0 bridgehead atoms. The van der Waals surface area contributed by atoms with Crippen molar-refractivity contribution in [2.45, 2.75) is 45.7 Å². The Balaban J connectivity index is 2.05. The van der Waals surface area contributed by atoms with Gasteiger partial charge in [0, 0.05) is 21.5 Å². The van der Waals surface area contributed by atoms with Crippen molar-refractivity contribution in [1.29, 1.82) is 0 Å². The fourth-order valence-corrected chi connectivity index (χ4v) is 3.28. The van der Waals surface area contributed by atoms with Crippen LogP contribution in [0.15, 0.2) is 21.0 Å². The van der Waals surface area contributed by atoms with Gasteiger partial charge in [0.25, 0.3) is 0 Å². The third-order valence-electron chi connectivity index (χ3n) is 3.66. The van der Waals surface area contributed by atoms with Crippen LogP contribution in [-0.2, 0) is 13.0 Å². The quantitative estimate of drug-likeness (QED) is 0.786. The highest BCUT2D eigenvalue weighted by atomic mass is 79.9. The van der Waals surface area contributed by atoms with Crippen molar-refractivity contribution < 1.29 is 4.42 Å². The van der Waals surface area contributed by atoms with E-state index >= 15 is 0 Å². The van der Waals surface area contributed by atoms with Crippen LogP contribution in [0.3, 0.4) is 0 Å². The molecule has 1 fully saturated rings. The molecule has 1 aromatic carbocycles. The van der Waals surface area contributed by atoms with E-state index in [2.05, 4.69) is 35.1 Å². The minimum absolute atomic E-state index is 0.585. The Morgan fingerprint density at radius 2 is 2.15 bits per heavy atom.